The fourth-order valence-corrected chi connectivity index (χ4v) is 2.52. The highest BCUT2D eigenvalue weighted by molar-refractivity contribution is 5.98. The second-order valence-corrected chi connectivity index (χ2v) is 5.34. The van der Waals surface area contributed by atoms with Crippen molar-refractivity contribution in [3.05, 3.63) is 35.9 Å². The molecule has 22 heavy (non-hydrogen) atoms. The highest BCUT2D eigenvalue weighted by atomic mass is 16.5. The zero-order valence-electron chi connectivity index (χ0n) is 13.3. The summed E-state index contributed by atoms with van der Waals surface area (Å²) in [5.41, 5.74) is -1.28. The van der Waals surface area contributed by atoms with E-state index in [0.717, 1.165) is 0 Å². The summed E-state index contributed by atoms with van der Waals surface area (Å²) < 4.78 is 10.1. The van der Waals surface area contributed by atoms with Gasteiger partial charge in [-0.3, -0.25) is 4.79 Å². The molecule has 1 amide bonds. The Morgan fingerprint density at radius 2 is 1.82 bits per heavy atom. The molecule has 0 aromatic heterocycles. The number of hydrogen-bond acceptors (Lipinski definition) is 5. The van der Waals surface area contributed by atoms with Crippen molar-refractivity contribution >= 4 is 11.9 Å². The zero-order valence-corrected chi connectivity index (χ0v) is 13.3. The van der Waals surface area contributed by atoms with Gasteiger partial charge in [0.25, 0.3) is 5.91 Å². The van der Waals surface area contributed by atoms with Crippen molar-refractivity contribution in [1.82, 2.24) is 5.32 Å². The first-order chi connectivity index (χ1) is 10.4. The first kappa shape index (κ1) is 18.1. The summed E-state index contributed by atoms with van der Waals surface area (Å²) in [4.78, 5) is 24.7. The number of carbonyl (C=O) groups is 2. The van der Waals surface area contributed by atoms with Gasteiger partial charge in [-0.15, -0.1) is 0 Å². The van der Waals surface area contributed by atoms with Crippen LogP contribution < -0.4 is 5.32 Å². The third-order valence-corrected chi connectivity index (χ3v) is 3.52. The largest absolute Gasteiger partial charge is 0.467 e. The van der Waals surface area contributed by atoms with E-state index < -0.39 is 30.1 Å². The van der Waals surface area contributed by atoms with E-state index >= 15 is 0 Å². The third kappa shape index (κ3) is 3.64. The minimum Gasteiger partial charge on any atom is -0.467 e. The molecule has 0 fully saturated rings. The van der Waals surface area contributed by atoms with E-state index in [9.17, 15) is 14.7 Å². The molecule has 0 heterocycles. The van der Waals surface area contributed by atoms with Gasteiger partial charge >= 0.3 is 5.97 Å². The second-order valence-electron chi connectivity index (χ2n) is 5.34. The van der Waals surface area contributed by atoms with E-state index in [2.05, 4.69) is 5.32 Å². The van der Waals surface area contributed by atoms with E-state index in [0.29, 0.717) is 5.56 Å². The fourth-order valence-electron chi connectivity index (χ4n) is 2.52. The average molecular weight is 309 g/mol. The van der Waals surface area contributed by atoms with E-state index in [1.807, 2.05) is 13.8 Å². The molecule has 0 spiro atoms. The van der Waals surface area contributed by atoms with Crippen molar-refractivity contribution < 1.29 is 24.2 Å². The lowest BCUT2D eigenvalue weighted by atomic mass is 9.85. The Bertz CT molecular complexity index is 503. The van der Waals surface area contributed by atoms with Gasteiger partial charge in [-0.05, 0) is 18.1 Å². The van der Waals surface area contributed by atoms with Crippen LogP contribution in [0.2, 0.25) is 0 Å². The number of ether oxygens (including phenoxy) is 2. The third-order valence-electron chi connectivity index (χ3n) is 3.52. The van der Waals surface area contributed by atoms with Crippen molar-refractivity contribution in [3.8, 4) is 0 Å². The Morgan fingerprint density at radius 3 is 2.23 bits per heavy atom. The Labute approximate surface area is 130 Å². The number of aliphatic hydroxyl groups excluding tert-OH is 1. The smallest absolute Gasteiger partial charge is 0.336 e. The maximum absolute atomic E-state index is 12.4. The second kappa shape index (κ2) is 7.91. The Hall–Kier alpha value is -1.92. The van der Waals surface area contributed by atoms with Crippen LogP contribution in [0.5, 0.6) is 0 Å². The molecular weight excluding hydrogens is 286 g/mol. The van der Waals surface area contributed by atoms with Gasteiger partial charge in [-0.25, -0.2) is 4.79 Å². The quantitative estimate of drug-likeness (QED) is 0.734. The minimum atomic E-state index is -1.66. The minimum absolute atomic E-state index is 0.132. The summed E-state index contributed by atoms with van der Waals surface area (Å²) in [6.45, 7) is 3.03. The summed E-state index contributed by atoms with van der Waals surface area (Å²) in [5, 5.41) is 12.4. The predicted molar refractivity (Wildman–Crippen MR) is 81.4 cm³/mol. The number of rotatable bonds is 7. The molecule has 1 aromatic carbocycles. The fraction of sp³-hybridized carbons (Fsp3) is 0.500. The summed E-state index contributed by atoms with van der Waals surface area (Å²) in [5.74, 6) is -1.37. The molecule has 1 aromatic rings. The molecule has 0 aliphatic rings. The van der Waals surface area contributed by atoms with E-state index in [1.54, 1.807) is 30.3 Å². The van der Waals surface area contributed by atoms with Gasteiger partial charge in [-0.2, -0.15) is 0 Å². The maximum atomic E-state index is 12.4. The Balaban J connectivity index is 3.20. The first-order valence-electron chi connectivity index (χ1n) is 7.02. The lowest BCUT2D eigenvalue weighted by Crippen LogP contribution is -2.66. The highest BCUT2D eigenvalue weighted by Gasteiger charge is 2.49. The molecule has 0 aliphatic heterocycles. The molecule has 1 rings (SSSR count). The van der Waals surface area contributed by atoms with Gasteiger partial charge < -0.3 is 19.9 Å². The molecule has 6 nitrogen and oxygen atoms in total. The van der Waals surface area contributed by atoms with Gasteiger partial charge in [-0.1, -0.05) is 32.0 Å². The number of nitrogens with one attached hydrogen (secondary N) is 1. The molecule has 0 saturated heterocycles. The van der Waals surface area contributed by atoms with Crippen LogP contribution in [0.1, 0.15) is 24.2 Å². The van der Waals surface area contributed by atoms with Gasteiger partial charge in [0.2, 0.25) is 0 Å². The van der Waals surface area contributed by atoms with Crippen LogP contribution in [-0.2, 0) is 14.3 Å². The number of benzene rings is 1. The molecule has 0 aliphatic carbocycles. The van der Waals surface area contributed by atoms with Crippen molar-refractivity contribution in [1.29, 1.82) is 0 Å². The van der Waals surface area contributed by atoms with Crippen LogP contribution in [0.4, 0.5) is 0 Å². The molecule has 0 radical (unpaired) electrons. The summed E-state index contributed by atoms with van der Waals surface area (Å²) in [6.07, 6.45) is -0.738. The molecule has 0 bridgehead atoms. The van der Waals surface area contributed by atoms with Crippen LogP contribution in [-0.4, -0.2) is 49.5 Å². The number of esters is 1. The summed E-state index contributed by atoms with van der Waals surface area (Å²) >= 11 is 0. The summed E-state index contributed by atoms with van der Waals surface area (Å²) in [7, 11) is 2.63. The molecule has 0 unspecified atom stereocenters. The number of aliphatic hydroxyl groups is 1. The predicted octanol–water partition coefficient (Wildman–Crippen LogP) is 0.991. The number of hydrogen-bond donors (Lipinski definition) is 2. The van der Waals surface area contributed by atoms with Gasteiger partial charge in [0.05, 0.1) is 19.8 Å². The standard InChI is InChI=1S/C16H23NO5/c1-11(2)13(21-3)16(10-18,15(20)22-4)17-14(19)12-8-6-5-7-9-12/h5-9,11,13,18H,10H2,1-4H3,(H,17,19)/t13-,16-/m1/s1. The van der Waals surface area contributed by atoms with Gasteiger partial charge in [0.15, 0.2) is 5.54 Å². The number of carbonyl (C=O) groups excluding carboxylic acids is 2. The molecule has 122 valence electrons. The Kier molecular flexibility index (Phi) is 6.52. The van der Waals surface area contributed by atoms with Crippen molar-refractivity contribution in [3.63, 3.8) is 0 Å². The van der Waals surface area contributed by atoms with Crippen molar-refractivity contribution in [2.45, 2.75) is 25.5 Å². The number of amides is 1. The normalized spacial score (nSPS) is 15.0. The van der Waals surface area contributed by atoms with E-state index in [-0.39, 0.29) is 5.92 Å². The molecular formula is C16H23NO5. The van der Waals surface area contributed by atoms with Gasteiger partial charge in [0, 0.05) is 12.7 Å². The van der Waals surface area contributed by atoms with Gasteiger partial charge in [0.1, 0.15) is 0 Å². The van der Waals surface area contributed by atoms with E-state index in [1.165, 1.54) is 14.2 Å². The maximum Gasteiger partial charge on any atom is 0.336 e. The van der Waals surface area contributed by atoms with Crippen molar-refractivity contribution in [2.75, 3.05) is 20.8 Å². The zero-order chi connectivity index (χ0) is 16.8. The van der Waals surface area contributed by atoms with Crippen LogP contribution >= 0.6 is 0 Å². The highest BCUT2D eigenvalue weighted by Crippen LogP contribution is 2.23. The van der Waals surface area contributed by atoms with Crippen LogP contribution in [0.15, 0.2) is 30.3 Å². The molecule has 6 heteroatoms. The Morgan fingerprint density at radius 1 is 1.23 bits per heavy atom. The lowest BCUT2D eigenvalue weighted by molar-refractivity contribution is -0.160. The number of methoxy groups -OCH3 is 2. The molecule has 2 atom stereocenters. The van der Waals surface area contributed by atoms with E-state index in [4.69, 9.17) is 9.47 Å². The first-order valence-corrected chi connectivity index (χ1v) is 7.02. The monoisotopic (exact) mass is 309 g/mol. The van der Waals surface area contributed by atoms with Crippen LogP contribution in [0, 0.1) is 5.92 Å². The average Bonchev–Trinajstić information content (AvgIpc) is 2.53. The molecule has 0 saturated carbocycles. The topological polar surface area (TPSA) is 84.9 Å². The molecule has 2 N–H and O–H groups in total. The summed E-state index contributed by atoms with van der Waals surface area (Å²) in [6, 6.07) is 8.44. The van der Waals surface area contributed by atoms with Crippen molar-refractivity contribution in [2.24, 2.45) is 5.92 Å². The van der Waals surface area contributed by atoms with Crippen LogP contribution in [0.25, 0.3) is 0 Å². The SMILES string of the molecule is COC(=O)[C@](CO)(NC(=O)c1ccccc1)[C@H](OC)C(C)C. The lowest BCUT2D eigenvalue weighted by Gasteiger charge is -2.38. The van der Waals surface area contributed by atoms with Crippen LogP contribution in [0.3, 0.4) is 0 Å².